The molecule has 9 heteroatoms. The molecule has 0 radical (unpaired) electrons. The van der Waals surface area contributed by atoms with Crippen LogP contribution in [-0.4, -0.2) is 28.9 Å². The number of carbonyl (C=O) groups is 2. The van der Waals surface area contributed by atoms with Gasteiger partial charge in [0, 0.05) is 12.6 Å². The van der Waals surface area contributed by atoms with Gasteiger partial charge in [0.1, 0.15) is 12.2 Å². The molecule has 3 rings (SSSR count). The number of halogens is 2. The van der Waals surface area contributed by atoms with Crippen LogP contribution in [-0.2, 0) is 16.2 Å². The van der Waals surface area contributed by atoms with E-state index >= 15 is 0 Å². The Morgan fingerprint density at radius 2 is 2.07 bits per heavy atom. The average Bonchev–Trinajstić information content (AvgIpc) is 2.69. The lowest BCUT2D eigenvalue weighted by atomic mass is 10.1. The highest BCUT2D eigenvalue weighted by Crippen LogP contribution is 2.36. The number of hydrogen-bond acceptors (Lipinski definition) is 5. The monoisotopic (exact) mass is 489 g/mol. The van der Waals surface area contributed by atoms with E-state index in [2.05, 4.69) is 27.3 Å². The minimum atomic E-state index is -0.571. The number of nitriles is 1. The highest BCUT2D eigenvalue weighted by molar-refractivity contribution is 9.10. The van der Waals surface area contributed by atoms with Crippen molar-refractivity contribution in [2.75, 3.05) is 7.05 Å². The third-order valence-corrected chi connectivity index (χ3v) is 5.39. The lowest BCUT2D eigenvalue weighted by molar-refractivity contribution is -0.128. The van der Waals surface area contributed by atoms with E-state index in [-0.39, 0.29) is 22.3 Å². The summed E-state index contributed by atoms with van der Waals surface area (Å²) < 4.78 is 6.33. The molecule has 29 heavy (non-hydrogen) atoms. The summed E-state index contributed by atoms with van der Waals surface area (Å²) >= 11 is 14.7. The molecule has 2 aromatic rings. The first-order chi connectivity index (χ1) is 13.8. The van der Waals surface area contributed by atoms with Gasteiger partial charge in [0.15, 0.2) is 10.9 Å². The van der Waals surface area contributed by atoms with Crippen LogP contribution in [0.1, 0.15) is 16.7 Å². The smallest absolute Gasteiger partial charge is 0.265 e. The molecule has 2 aromatic carbocycles. The molecule has 6 nitrogen and oxygen atoms in total. The maximum atomic E-state index is 12.3. The molecule has 0 saturated carbocycles. The van der Waals surface area contributed by atoms with Crippen molar-refractivity contribution in [2.24, 2.45) is 0 Å². The van der Waals surface area contributed by atoms with Crippen molar-refractivity contribution in [3.05, 3.63) is 68.2 Å². The van der Waals surface area contributed by atoms with Gasteiger partial charge >= 0.3 is 0 Å². The van der Waals surface area contributed by atoms with Crippen molar-refractivity contribution in [2.45, 2.75) is 6.61 Å². The van der Waals surface area contributed by atoms with Gasteiger partial charge in [0.2, 0.25) is 0 Å². The molecule has 0 spiro atoms. The standard InChI is InChI=1S/C20H13BrClN3O3S/c1-25-19(27)14(18(26)24-20(25)29)6-11-7-15(21)17(16(22)8-11)28-10-13-5-3-2-4-12(13)9-23/h2-8H,10H2,1H3,(H,24,26,29)/b14-6+. The summed E-state index contributed by atoms with van der Waals surface area (Å²) in [6.07, 6.45) is 1.43. The number of nitrogens with zero attached hydrogens (tertiary/aromatic N) is 2. The van der Waals surface area contributed by atoms with Crippen LogP contribution in [0.5, 0.6) is 5.75 Å². The molecule has 1 aliphatic heterocycles. The fourth-order valence-corrected chi connectivity index (χ4v) is 3.78. The van der Waals surface area contributed by atoms with Crippen LogP contribution in [0.3, 0.4) is 0 Å². The Balaban J connectivity index is 1.86. The first-order valence-electron chi connectivity index (χ1n) is 8.26. The Labute approximate surface area is 185 Å². The Morgan fingerprint density at radius 3 is 2.76 bits per heavy atom. The molecule has 1 N–H and O–H groups in total. The van der Waals surface area contributed by atoms with Gasteiger partial charge in [-0.25, -0.2) is 0 Å². The van der Waals surface area contributed by atoms with Crippen molar-refractivity contribution in [3.63, 3.8) is 0 Å². The van der Waals surface area contributed by atoms with Crippen LogP contribution in [0.15, 0.2) is 46.4 Å². The number of rotatable bonds is 4. The Hall–Kier alpha value is -2.73. The maximum Gasteiger partial charge on any atom is 0.265 e. The zero-order valence-corrected chi connectivity index (χ0v) is 18.2. The SMILES string of the molecule is CN1C(=O)/C(=C/c2cc(Cl)c(OCc3ccccc3C#N)c(Br)c2)C(=O)NC1=S. The number of thiocarbonyl (C=S) groups is 1. The molecule has 0 bridgehead atoms. The van der Waals surface area contributed by atoms with Gasteiger partial charge in [0.05, 0.1) is 21.1 Å². The maximum absolute atomic E-state index is 12.3. The minimum Gasteiger partial charge on any atom is -0.486 e. The van der Waals surface area contributed by atoms with E-state index in [0.29, 0.717) is 21.3 Å². The van der Waals surface area contributed by atoms with E-state index in [9.17, 15) is 14.9 Å². The fourth-order valence-electron chi connectivity index (χ4n) is 2.62. The molecule has 0 atom stereocenters. The lowest BCUT2D eigenvalue weighted by Gasteiger charge is -2.25. The summed E-state index contributed by atoms with van der Waals surface area (Å²) in [7, 11) is 1.48. The van der Waals surface area contributed by atoms with Gasteiger partial charge < -0.3 is 4.74 Å². The van der Waals surface area contributed by atoms with E-state index in [4.69, 9.17) is 28.6 Å². The van der Waals surface area contributed by atoms with E-state index in [1.54, 1.807) is 30.3 Å². The van der Waals surface area contributed by atoms with E-state index < -0.39 is 11.8 Å². The topological polar surface area (TPSA) is 82.4 Å². The van der Waals surface area contributed by atoms with E-state index in [1.807, 2.05) is 6.07 Å². The molecule has 0 unspecified atom stereocenters. The van der Waals surface area contributed by atoms with E-state index in [1.165, 1.54) is 18.0 Å². The molecular formula is C20H13BrClN3O3S. The second-order valence-electron chi connectivity index (χ2n) is 6.05. The second-order valence-corrected chi connectivity index (χ2v) is 7.70. The molecule has 2 amide bonds. The average molecular weight is 491 g/mol. The third-order valence-electron chi connectivity index (χ3n) is 4.15. The molecule has 1 aliphatic rings. The number of hydrogen-bond donors (Lipinski definition) is 1. The van der Waals surface area contributed by atoms with Gasteiger partial charge in [-0.1, -0.05) is 29.8 Å². The van der Waals surface area contributed by atoms with Crippen LogP contribution in [0, 0.1) is 11.3 Å². The van der Waals surface area contributed by atoms with Crippen LogP contribution in [0.2, 0.25) is 5.02 Å². The first kappa shape index (κ1) is 21.0. The van der Waals surface area contributed by atoms with Gasteiger partial charge in [-0.2, -0.15) is 5.26 Å². The molecule has 1 heterocycles. The number of likely N-dealkylation sites (N-methyl/N-ethyl adjacent to an activating group) is 1. The fraction of sp³-hybridized carbons (Fsp3) is 0.100. The molecule has 0 aliphatic carbocycles. The van der Waals surface area contributed by atoms with Crippen LogP contribution >= 0.6 is 39.7 Å². The zero-order chi connectivity index (χ0) is 21.1. The summed E-state index contributed by atoms with van der Waals surface area (Å²) in [5.74, 6) is -0.683. The molecular weight excluding hydrogens is 478 g/mol. The van der Waals surface area contributed by atoms with Crippen molar-refractivity contribution in [1.82, 2.24) is 10.2 Å². The van der Waals surface area contributed by atoms with Crippen molar-refractivity contribution < 1.29 is 14.3 Å². The van der Waals surface area contributed by atoms with Crippen molar-refractivity contribution >= 4 is 62.8 Å². The molecule has 146 valence electrons. The normalized spacial score (nSPS) is 15.3. The first-order valence-corrected chi connectivity index (χ1v) is 9.84. The summed E-state index contributed by atoms with van der Waals surface area (Å²) in [5, 5.41) is 12.0. The molecule has 1 saturated heterocycles. The molecule has 1 fully saturated rings. The number of nitrogens with one attached hydrogen (secondary N) is 1. The van der Waals surface area contributed by atoms with Crippen molar-refractivity contribution in [3.8, 4) is 11.8 Å². The van der Waals surface area contributed by atoms with Gasteiger partial charge in [0.25, 0.3) is 11.8 Å². The highest BCUT2D eigenvalue weighted by Gasteiger charge is 2.30. The Morgan fingerprint density at radius 1 is 1.34 bits per heavy atom. The zero-order valence-electron chi connectivity index (χ0n) is 15.0. The predicted molar refractivity (Wildman–Crippen MR) is 116 cm³/mol. The van der Waals surface area contributed by atoms with E-state index in [0.717, 1.165) is 5.56 Å². The molecule has 0 aromatic heterocycles. The van der Waals surface area contributed by atoms with Gasteiger partial charge in [-0.15, -0.1) is 0 Å². The summed E-state index contributed by atoms with van der Waals surface area (Å²) in [5.41, 5.74) is 1.73. The number of carbonyl (C=O) groups excluding carboxylic acids is 2. The number of ether oxygens (including phenoxy) is 1. The predicted octanol–water partition coefficient (Wildman–Crippen LogP) is 3.81. The quantitative estimate of drug-likeness (QED) is 0.400. The Bertz CT molecular complexity index is 1090. The van der Waals surface area contributed by atoms with Crippen LogP contribution in [0.25, 0.3) is 6.08 Å². The van der Waals surface area contributed by atoms with Crippen LogP contribution < -0.4 is 10.1 Å². The highest BCUT2D eigenvalue weighted by atomic mass is 79.9. The summed E-state index contributed by atoms with van der Waals surface area (Å²) in [6, 6.07) is 12.5. The second kappa shape index (κ2) is 8.74. The van der Waals surface area contributed by atoms with Gasteiger partial charge in [-0.05, 0) is 58.0 Å². The Kier molecular flexibility index (Phi) is 6.33. The van der Waals surface area contributed by atoms with Gasteiger partial charge in [-0.3, -0.25) is 19.8 Å². The third kappa shape index (κ3) is 4.48. The largest absolute Gasteiger partial charge is 0.486 e. The van der Waals surface area contributed by atoms with Crippen LogP contribution in [0.4, 0.5) is 0 Å². The van der Waals surface area contributed by atoms with Crippen molar-refractivity contribution in [1.29, 1.82) is 5.26 Å². The number of benzene rings is 2. The minimum absolute atomic E-state index is 0.0535. The lowest BCUT2D eigenvalue weighted by Crippen LogP contribution is -2.52. The number of amides is 2. The summed E-state index contributed by atoms with van der Waals surface area (Å²) in [4.78, 5) is 25.6. The summed E-state index contributed by atoms with van der Waals surface area (Å²) in [6.45, 7) is 0.158.